The summed E-state index contributed by atoms with van der Waals surface area (Å²) in [7, 11) is 0. The third-order valence-corrected chi connectivity index (χ3v) is 3.56. The Bertz CT molecular complexity index is 352. The Balaban J connectivity index is 1.67. The number of nitrogens with zero attached hydrogens (tertiary/aromatic N) is 2. The molecule has 1 aromatic heterocycles. The van der Waals surface area contributed by atoms with Crippen LogP contribution in [0, 0.1) is 0 Å². The molecule has 1 aromatic rings. The maximum absolute atomic E-state index is 6.04. The second-order valence-corrected chi connectivity index (χ2v) is 4.91. The first-order valence-electron chi connectivity index (χ1n) is 6.34. The Kier molecular flexibility index (Phi) is 4.77. The van der Waals surface area contributed by atoms with Crippen molar-refractivity contribution < 1.29 is 0 Å². The second-order valence-electron chi connectivity index (χ2n) is 4.50. The van der Waals surface area contributed by atoms with Gasteiger partial charge in [0, 0.05) is 38.1 Å². The summed E-state index contributed by atoms with van der Waals surface area (Å²) in [5, 5.41) is 4.18. The van der Waals surface area contributed by atoms with Gasteiger partial charge in [0.1, 0.15) is 0 Å². The Labute approximate surface area is 108 Å². The molecule has 1 heterocycles. The van der Waals surface area contributed by atoms with Crippen LogP contribution in [0.3, 0.4) is 0 Å². The molecule has 1 fully saturated rings. The minimum absolute atomic E-state index is 0.745. The number of aromatic nitrogens is 1. The normalized spacial score (nSPS) is 15.5. The highest BCUT2D eigenvalue weighted by atomic mass is 35.5. The Morgan fingerprint density at radius 1 is 1.53 bits per heavy atom. The third-order valence-electron chi connectivity index (χ3n) is 3.22. The summed E-state index contributed by atoms with van der Waals surface area (Å²) in [6.07, 6.45) is 6.24. The molecule has 1 N–H and O–H groups in total. The van der Waals surface area contributed by atoms with E-state index >= 15 is 0 Å². The predicted octanol–water partition coefficient (Wildman–Crippen LogP) is 2.31. The van der Waals surface area contributed by atoms with Gasteiger partial charge in [-0.05, 0) is 31.0 Å². The molecule has 1 saturated carbocycles. The molecule has 0 saturated heterocycles. The predicted molar refractivity (Wildman–Crippen MR) is 71.2 cm³/mol. The molecule has 0 spiro atoms. The number of likely N-dealkylation sites (N-methyl/N-ethyl adjacent to an activating group) is 1. The summed E-state index contributed by atoms with van der Waals surface area (Å²) in [6.45, 7) is 6.36. The SMILES string of the molecule is CCN(CCNCc1ccncc1Cl)C1CC1. The van der Waals surface area contributed by atoms with Gasteiger partial charge in [-0.2, -0.15) is 0 Å². The van der Waals surface area contributed by atoms with Crippen molar-refractivity contribution in [2.75, 3.05) is 19.6 Å². The zero-order valence-corrected chi connectivity index (χ0v) is 11.1. The molecular formula is C13H20ClN3. The van der Waals surface area contributed by atoms with Gasteiger partial charge in [0.05, 0.1) is 5.02 Å². The van der Waals surface area contributed by atoms with Gasteiger partial charge >= 0.3 is 0 Å². The van der Waals surface area contributed by atoms with Gasteiger partial charge in [-0.25, -0.2) is 0 Å². The lowest BCUT2D eigenvalue weighted by Crippen LogP contribution is -2.33. The van der Waals surface area contributed by atoms with Gasteiger partial charge in [-0.1, -0.05) is 18.5 Å². The van der Waals surface area contributed by atoms with Gasteiger partial charge in [0.15, 0.2) is 0 Å². The van der Waals surface area contributed by atoms with Crippen LogP contribution in [0.25, 0.3) is 0 Å². The van der Waals surface area contributed by atoms with E-state index in [1.165, 1.54) is 12.8 Å². The van der Waals surface area contributed by atoms with E-state index in [0.29, 0.717) is 0 Å². The number of halogens is 1. The highest BCUT2D eigenvalue weighted by molar-refractivity contribution is 6.31. The van der Waals surface area contributed by atoms with Gasteiger partial charge in [-0.3, -0.25) is 9.88 Å². The molecule has 17 heavy (non-hydrogen) atoms. The average molecular weight is 254 g/mol. The second kappa shape index (κ2) is 6.34. The number of rotatable bonds is 7. The first kappa shape index (κ1) is 12.8. The number of nitrogens with one attached hydrogen (secondary N) is 1. The maximum Gasteiger partial charge on any atom is 0.0634 e. The van der Waals surface area contributed by atoms with E-state index in [9.17, 15) is 0 Å². The summed E-state index contributed by atoms with van der Waals surface area (Å²) >= 11 is 6.04. The van der Waals surface area contributed by atoms with Crippen LogP contribution in [0.15, 0.2) is 18.5 Å². The first-order valence-corrected chi connectivity index (χ1v) is 6.72. The van der Waals surface area contributed by atoms with Crippen molar-refractivity contribution in [1.29, 1.82) is 0 Å². The van der Waals surface area contributed by atoms with E-state index in [0.717, 1.165) is 42.8 Å². The number of pyridine rings is 1. The topological polar surface area (TPSA) is 28.2 Å². The molecule has 0 aromatic carbocycles. The average Bonchev–Trinajstić information content (AvgIpc) is 3.16. The minimum Gasteiger partial charge on any atom is -0.311 e. The van der Waals surface area contributed by atoms with Crippen molar-refractivity contribution in [2.24, 2.45) is 0 Å². The standard InChI is InChI=1S/C13H20ClN3/c1-2-17(12-3-4-12)8-7-16-9-11-5-6-15-10-13(11)14/h5-6,10,12,16H,2-4,7-9H2,1H3. The molecule has 0 radical (unpaired) electrons. The van der Waals surface area contributed by atoms with Crippen LogP contribution in [0.2, 0.25) is 5.02 Å². The summed E-state index contributed by atoms with van der Waals surface area (Å²) < 4.78 is 0. The monoisotopic (exact) mass is 253 g/mol. The van der Waals surface area contributed by atoms with Gasteiger partial charge in [0.2, 0.25) is 0 Å². The van der Waals surface area contributed by atoms with Crippen molar-refractivity contribution in [3.05, 3.63) is 29.0 Å². The van der Waals surface area contributed by atoms with Crippen molar-refractivity contribution in [3.63, 3.8) is 0 Å². The molecule has 0 bridgehead atoms. The van der Waals surface area contributed by atoms with Crippen LogP contribution in [0.4, 0.5) is 0 Å². The van der Waals surface area contributed by atoms with E-state index in [2.05, 4.69) is 22.1 Å². The van der Waals surface area contributed by atoms with Crippen LogP contribution < -0.4 is 5.32 Å². The lowest BCUT2D eigenvalue weighted by Gasteiger charge is -2.19. The summed E-state index contributed by atoms with van der Waals surface area (Å²) in [5.41, 5.74) is 1.12. The zero-order valence-electron chi connectivity index (χ0n) is 10.3. The molecule has 0 amide bonds. The Morgan fingerprint density at radius 2 is 2.35 bits per heavy atom. The zero-order chi connectivity index (χ0) is 12.1. The molecular weight excluding hydrogens is 234 g/mol. The fraction of sp³-hybridized carbons (Fsp3) is 0.615. The van der Waals surface area contributed by atoms with Gasteiger partial charge in [0.25, 0.3) is 0 Å². The fourth-order valence-electron chi connectivity index (χ4n) is 2.03. The molecule has 0 aliphatic heterocycles. The molecule has 1 aliphatic carbocycles. The van der Waals surface area contributed by atoms with Crippen LogP contribution >= 0.6 is 11.6 Å². The van der Waals surface area contributed by atoms with Crippen LogP contribution in [0.1, 0.15) is 25.3 Å². The van der Waals surface area contributed by atoms with E-state index < -0.39 is 0 Å². The molecule has 2 rings (SSSR count). The largest absolute Gasteiger partial charge is 0.311 e. The van der Waals surface area contributed by atoms with Crippen LogP contribution in [0.5, 0.6) is 0 Å². The van der Waals surface area contributed by atoms with Crippen molar-refractivity contribution >= 4 is 11.6 Å². The van der Waals surface area contributed by atoms with E-state index in [4.69, 9.17) is 11.6 Å². The molecule has 1 aliphatic rings. The molecule has 0 atom stereocenters. The van der Waals surface area contributed by atoms with E-state index in [1.54, 1.807) is 12.4 Å². The van der Waals surface area contributed by atoms with Crippen LogP contribution in [-0.4, -0.2) is 35.6 Å². The van der Waals surface area contributed by atoms with E-state index in [1.807, 2.05) is 6.07 Å². The smallest absolute Gasteiger partial charge is 0.0634 e. The molecule has 4 heteroatoms. The summed E-state index contributed by atoms with van der Waals surface area (Å²) in [4.78, 5) is 6.52. The molecule has 3 nitrogen and oxygen atoms in total. The first-order chi connectivity index (χ1) is 8.31. The Hall–Kier alpha value is -0.640. The van der Waals surface area contributed by atoms with E-state index in [-0.39, 0.29) is 0 Å². The molecule has 94 valence electrons. The Morgan fingerprint density at radius 3 is 3.00 bits per heavy atom. The molecule has 0 unspecified atom stereocenters. The van der Waals surface area contributed by atoms with Crippen molar-refractivity contribution in [2.45, 2.75) is 32.4 Å². The maximum atomic E-state index is 6.04. The number of hydrogen-bond acceptors (Lipinski definition) is 3. The van der Waals surface area contributed by atoms with Crippen molar-refractivity contribution in [1.82, 2.24) is 15.2 Å². The van der Waals surface area contributed by atoms with Crippen molar-refractivity contribution in [3.8, 4) is 0 Å². The van der Waals surface area contributed by atoms with Gasteiger partial charge < -0.3 is 5.32 Å². The quantitative estimate of drug-likeness (QED) is 0.756. The third kappa shape index (κ3) is 3.95. The lowest BCUT2D eigenvalue weighted by atomic mass is 10.2. The highest BCUT2D eigenvalue weighted by Gasteiger charge is 2.26. The van der Waals surface area contributed by atoms with Crippen LogP contribution in [-0.2, 0) is 6.54 Å². The minimum atomic E-state index is 0.745. The lowest BCUT2D eigenvalue weighted by molar-refractivity contribution is 0.277. The highest BCUT2D eigenvalue weighted by Crippen LogP contribution is 2.25. The van der Waals surface area contributed by atoms with Gasteiger partial charge in [-0.15, -0.1) is 0 Å². The fourth-order valence-corrected chi connectivity index (χ4v) is 2.22. The number of hydrogen-bond donors (Lipinski definition) is 1. The summed E-state index contributed by atoms with van der Waals surface area (Å²) in [5.74, 6) is 0. The summed E-state index contributed by atoms with van der Waals surface area (Å²) in [6, 6.07) is 2.82.